The Morgan fingerprint density at radius 1 is 0.929 bits per heavy atom. The topological polar surface area (TPSA) is 59.9 Å². The van der Waals surface area contributed by atoms with Gasteiger partial charge in [0.25, 0.3) is 0 Å². The van der Waals surface area contributed by atoms with Crippen molar-refractivity contribution in [1.29, 1.82) is 0 Å². The summed E-state index contributed by atoms with van der Waals surface area (Å²) in [5.74, 6) is 2.35. The predicted molar refractivity (Wildman–Crippen MR) is 185 cm³/mol. The van der Waals surface area contributed by atoms with Crippen molar-refractivity contribution in [3.8, 4) is 5.75 Å². The van der Waals surface area contributed by atoms with Gasteiger partial charge in [0.1, 0.15) is 5.75 Å². The molecule has 0 aromatic heterocycles. The second-order valence-corrected chi connectivity index (χ2v) is 10.8. The molecule has 0 bridgehead atoms. The molecule has 0 heterocycles. The fourth-order valence-corrected chi connectivity index (χ4v) is 3.38. The van der Waals surface area contributed by atoms with Gasteiger partial charge in [0.2, 0.25) is 5.91 Å². The summed E-state index contributed by atoms with van der Waals surface area (Å²) in [7, 11) is 1.67. The Kier molecular flexibility index (Phi) is 25.3. The van der Waals surface area contributed by atoms with Crippen molar-refractivity contribution in [2.45, 2.75) is 108 Å². The maximum atomic E-state index is 10.5. The average molecular weight is 583 g/mol. The van der Waals surface area contributed by atoms with Crippen LogP contribution in [0, 0.1) is 11.8 Å². The third-order valence-corrected chi connectivity index (χ3v) is 5.94. The fraction of sp³-hybridized carbons (Fsp3) is 0.568. The molecule has 5 nitrogen and oxygen atoms in total. The van der Waals surface area contributed by atoms with E-state index in [1.807, 2.05) is 65.8 Å². The van der Waals surface area contributed by atoms with Gasteiger partial charge in [-0.15, -0.1) is 0 Å². The van der Waals surface area contributed by atoms with E-state index < -0.39 is 0 Å². The molecule has 2 rings (SSSR count). The van der Waals surface area contributed by atoms with Crippen LogP contribution in [0.1, 0.15) is 112 Å². The SMILES string of the molecule is C=C(N=C(C)c1cccc(OC)c1)c1ccc(CCC)cc1.CC.CCC(=O)NC(C)C.CCC(C)COCC(C)C. The van der Waals surface area contributed by atoms with Crippen molar-refractivity contribution >= 4 is 17.3 Å². The number of aryl methyl sites for hydroxylation is 1. The lowest BCUT2D eigenvalue weighted by Crippen LogP contribution is -2.29. The molecule has 0 aliphatic carbocycles. The van der Waals surface area contributed by atoms with Gasteiger partial charge in [-0.3, -0.25) is 9.79 Å². The lowest BCUT2D eigenvalue weighted by molar-refractivity contribution is -0.121. The minimum absolute atomic E-state index is 0.125. The van der Waals surface area contributed by atoms with Crippen LogP contribution in [-0.2, 0) is 16.0 Å². The molecule has 1 unspecified atom stereocenters. The zero-order chi connectivity index (χ0) is 32.5. The number of benzene rings is 2. The number of hydrogen-bond donors (Lipinski definition) is 1. The van der Waals surface area contributed by atoms with Gasteiger partial charge in [0.05, 0.1) is 12.8 Å². The van der Waals surface area contributed by atoms with Crippen LogP contribution >= 0.6 is 0 Å². The number of nitrogens with one attached hydrogen (secondary N) is 1. The van der Waals surface area contributed by atoms with Crippen molar-refractivity contribution < 1.29 is 14.3 Å². The first kappa shape index (κ1) is 41.2. The fourth-order valence-electron chi connectivity index (χ4n) is 3.38. The van der Waals surface area contributed by atoms with Crippen LogP contribution in [-0.4, -0.2) is 38.0 Å². The molecule has 5 heteroatoms. The number of nitrogens with zero attached hydrogens (tertiary/aromatic N) is 1. The van der Waals surface area contributed by atoms with Crippen LogP contribution in [0.5, 0.6) is 5.75 Å². The third kappa shape index (κ3) is 20.9. The summed E-state index contributed by atoms with van der Waals surface area (Å²) in [5.41, 5.74) is 5.17. The minimum Gasteiger partial charge on any atom is -0.497 e. The average Bonchev–Trinajstić information content (AvgIpc) is 2.98. The van der Waals surface area contributed by atoms with Gasteiger partial charge in [0.15, 0.2) is 0 Å². The smallest absolute Gasteiger partial charge is 0.219 e. The first-order valence-electron chi connectivity index (χ1n) is 15.8. The summed E-state index contributed by atoms with van der Waals surface area (Å²) in [6, 6.07) is 16.7. The second kappa shape index (κ2) is 25.8. The number of aliphatic imine (C=N–C) groups is 1. The molecule has 42 heavy (non-hydrogen) atoms. The highest BCUT2D eigenvalue weighted by atomic mass is 16.5. The molecule has 0 saturated heterocycles. The Morgan fingerprint density at radius 2 is 1.55 bits per heavy atom. The quantitative estimate of drug-likeness (QED) is 0.239. The number of ether oxygens (including phenoxy) is 2. The monoisotopic (exact) mass is 582 g/mol. The molecule has 2 aromatic rings. The Balaban J connectivity index is 0. The molecule has 0 fully saturated rings. The molecular formula is C37H62N2O3. The van der Waals surface area contributed by atoms with Crippen LogP contribution in [0.2, 0.25) is 0 Å². The number of hydrogen-bond acceptors (Lipinski definition) is 4. The highest BCUT2D eigenvalue weighted by Crippen LogP contribution is 2.19. The normalized spacial score (nSPS) is 11.2. The van der Waals surface area contributed by atoms with Gasteiger partial charge < -0.3 is 14.8 Å². The van der Waals surface area contributed by atoms with E-state index in [1.165, 1.54) is 12.0 Å². The summed E-state index contributed by atoms with van der Waals surface area (Å²) in [5, 5.41) is 2.75. The summed E-state index contributed by atoms with van der Waals surface area (Å²) in [6.45, 7) is 28.6. The molecule has 1 atom stereocenters. The number of carbonyl (C=O) groups is 1. The van der Waals surface area contributed by atoms with Gasteiger partial charge in [-0.25, -0.2) is 0 Å². The molecule has 0 aliphatic heterocycles. The molecular weight excluding hydrogens is 520 g/mol. The van der Waals surface area contributed by atoms with Gasteiger partial charge >= 0.3 is 0 Å². The third-order valence-electron chi connectivity index (χ3n) is 5.94. The molecule has 2 aromatic carbocycles. The van der Waals surface area contributed by atoms with Crippen LogP contribution < -0.4 is 10.1 Å². The van der Waals surface area contributed by atoms with Crippen LogP contribution in [0.25, 0.3) is 5.70 Å². The van der Waals surface area contributed by atoms with Crippen molar-refractivity contribution in [3.05, 3.63) is 71.8 Å². The summed E-state index contributed by atoms with van der Waals surface area (Å²) in [4.78, 5) is 15.1. The number of rotatable bonds is 13. The second-order valence-electron chi connectivity index (χ2n) is 10.8. The van der Waals surface area contributed by atoms with Crippen molar-refractivity contribution in [2.75, 3.05) is 20.3 Å². The highest BCUT2D eigenvalue weighted by Gasteiger charge is 2.03. The molecule has 0 saturated carbocycles. The maximum Gasteiger partial charge on any atom is 0.219 e. The van der Waals surface area contributed by atoms with E-state index >= 15 is 0 Å². The van der Waals surface area contributed by atoms with Crippen LogP contribution in [0.15, 0.2) is 60.1 Å². The first-order chi connectivity index (χ1) is 20.0. The molecule has 0 aliphatic rings. The van der Waals surface area contributed by atoms with E-state index in [1.54, 1.807) is 7.11 Å². The van der Waals surface area contributed by atoms with Crippen molar-refractivity contribution in [3.63, 3.8) is 0 Å². The Hall–Kier alpha value is -2.92. The zero-order valence-corrected chi connectivity index (χ0v) is 29.0. The number of methoxy groups -OCH3 is 1. The summed E-state index contributed by atoms with van der Waals surface area (Å²) in [6.07, 6.45) is 4.07. The highest BCUT2D eigenvalue weighted by molar-refractivity contribution is 6.01. The zero-order valence-electron chi connectivity index (χ0n) is 29.0. The summed E-state index contributed by atoms with van der Waals surface area (Å²) < 4.78 is 10.7. The maximum absolute atomic E-state index is 10.5. The molecule has 238 valence electrons. The number of amides is 1. The van der Waals surface area contributed by atoms with Crippen LogP contribution in [0.4, 0.5) is 0 Å². The van der Waals surface area contributed by atoms with E-state index in [0.29, 0.717) is 12.3 Å². The van der Waals surface area contributed by atoms with E-state index in [2.05, 4.69) is 75.8 Å². The lowest BCUT2D eigenvalue weighted by atomic mass is 10.1. The van der Waals surface area contributed by atoms with Gasteiger partial charge in [-0.05, 0) is 67.9 Å². The van der Waals surface area contributed by atoms with Crippen molar-refractivity contribution in [2.24, 2.45) is 16.8 Å². The van der Waals surface area contributed by atoms with Crippen LogP contribution in [0.3, 0.4) is 0 Å². The molecule has 1 N–H and O–H groups in total. The molecule has 1 amide bonds. The van der Waals surface area contributed by atoms with Gasteiger partial charge in [-0.2, -0.15) is 0 Å². The van der Waals surface area contributed by atoms with Gasteiger partial charge in [0, 0.05) is 31.4 Å². The molecule has 0 radical (unpaired) electrons. The van der Waals surface area contributed by atoms with Gasteiger partial charge in [-0.1, -0.05) is 111 Å². The Bertz CT molecular complexity index is 994. The Labute approximate surface area is 259 Å². The lowest BCUT2D eigenvalue weighted by Gasteiger charge is -2.10. The first-order valence-corrected chi connectivity index (χ1v) is 15.8. The van der Waals surface area contributed by atoms with E-state index in [4.69, 9.17) is 9.47 Å². The van der Waals surface area contributed by atoms with E-state index in [-0.39, 0.29) is 11.9 Å². The minimum atomic E-state index is 0.125. The Morgan fingerprint density at radius 3 is 2.00 bits per heavy atom. The number of carbonyl (C=O) groups excluding carboxylic acids is 1. The van der Waals surface area contributed by atoms with Crippen molar-refractivity contribution in [1.82, 2.24) is 5.32 Å². The summed E-state index contributed by atoms with van der Waals surface area (Å²) >= 11 is 0. The standard InChI is InChI=1S/C20H23NO.C9H20O.C6H13NO.C2H6/c1-5-7-17-10-12-18(13-11-17)15(2)21-16(3)19-8-6-9-20(14-19)22-4;1-5-9(4)7-10-6-8(2)3;1-4-6(8)7-5(2)3;1-2/h6,8-14H,2,5,7H2,1,3-4H3;8-9H,5-7H2,1-4H3;5H,4H2,1-3H3,(H,7,8);1-2H3. The predicted octanol–water partition coefficient (Wildman–Crippen LogP) is 9.78. The van der Waals surface area contributed by atoms with E-state index in [9.17, 15) is 4.79 Å². The molecule has 0 spiro atoms. The largest absolute Gasteiger partial charge is 0.497 e. The van der Waals surface area contributed by atoms with E-state index in [0.717, 1.165) is 60.3 Å².